The lowest BCUT2D eigenvalue weighted by Crippen LogP contribution is -2.61. The van der Waals surface area contributed by atoms with E-state index >= 15 is 0 Å². The predicted octanol–water partition coefficient (Wildman–Crippen LogP) is 1.48. The molecular formula is C14H25NO5S. The number of esters is 2. The van der Waals surface area contributed by atoms with Gasteiger partial charge in [-0.15, -0.1) is 0 Å². The molecule has 0 unspecified atom stereocenters. The Kier molecular flexibility index (Phi) is 9.86. The summed E-state index contributed by atoms with van der Waals surface area (Å²) in [4.78, 5) is 35.9. The van der Waals surface area contributed by atoms with Crippen molar-refractivity contribution in [2.24, 2.45) is 0 Å². The van der Waals surface area contributed by atoms with Crippen LogP contribution in [0, 0.1) is 0 Å². The Morgan fingerprint density at radius 1 is 1.00 bits per heavy atom. The molecule has 0 aliphatic rings. The molecule has 0 atom stereocenters. The van der Waals surface area contributed by atoms with E-state index in [4.69, 9.17) is 9.47 Å². The van der Waals surface area contributed by atoms with Gasteiger partial charge in [0, 0.05) is 6.92 Å². The Morgan fingerprint density at radius 3 is 1.90 bits per heavy atom. The van der Waals surface area contributed by atoms with E-state index in [1.807, 2.05) is 0 Å². The molecule has 122 valence electrons. The van der Waals surface area contributed by atoms with Crippen molar-refractivity contribution in [2.45, 2.75) is 52.0 Å². The fraction of sp³-hybridized carbons (Fsp3) is 0.786. The van der Waals surface area contributed by atoms with Crippen molar-refractivity contribution in [1.29, 1.82) is 0 Å². The van der Waals surface area contributed by atoms with Gasteiger partial charge in [0.25, 0.3) is 0 Å². The minimum absolute atomic E-state index is 0.121. The van der Waals surface area contributed by atoms with Gasteiger partial charge in [0.05, 0.1) is 13.2 Å². The van der Waals surface area contributed by atoms with Crippen LogP contribution in [0.15, 0.2) is 0 Å². The minimum Gasteiger partial charge on any atom is -0.464 e. The van der Waals surface area contributed by atoms with E-state index in [2.05, 4.69) is 17.9 Å². The quantitative estimate of drug-likeness (QED) is 0.276. The summed E-state index contributed by atoms with van der Waals surface area (Å²) in [7, 11) is 0. The second-order valence-electron chi connectivity index (χ2n) is 4.56. The van der Waals surface area contributed by atoms with Gasteiger partial charge in [-0.2, -0.15) is 12.6 Å². The number of carbonyl (C=O) groups excluding carboxylic acids is 3. The number of rotatable bonds is 10. The summed E-state index contributed by atoms with van der Waals surface area (Å²) in [6.07, 6.45) is 2.39. The van der Waals surface area contributed by atoms with Gasteiger partial charge < -0.3 is 14.8 Å². The molecule has 1 N–H and O–H groups in total. The van der Waals surface area contributed by atoms with Crippen LogP contribution in [0.5, 0.6) is 0 Å². The summed E-state index contributed by atoms with van der Waals surface area (Å²) in [5, 5.41) is 2.43. The van der Waals surface area contributed by atoms with Gasteiger partial charge >= 0.3 is 11.9 Å². The maximum atomic E-state index is 12.2. The molecule has 0 aliphatic carbocycles. The summed E-state index contributed by atoms with van der Waals surface area (Å²) in [5.41, 5.74) is -1.76. The number of carbonyl (C=O) groups is 3. The van der Waals surface area contributed by atoms with Gasteiger partial charge in [-0.05, 0) is 38.9 Å². The Bertz CT molecular complexity index is 341. The molecule has 7 heteroatoms. The van der Waals surface area contributed by atoms with Crippen molar-refractivity contribution in [3.8, 4) is 0 Å². The van der Waals surface area contributed by atoms with Crippen LogP contribution in [0.4, 0.5) is 0 Å². The van der Waals surface area contributed by atoms with Gasteiger partial charge in [0.1, 0.15) is 0 Å². The van der Waals surface area contributed by atoms with E-state index in [1.165, 1.54) is 6.92 Å². The third kappa shape index (κ3) is 6.37. The Hall–Kier alpha value is -1.24. The molecule has 0 rings (SSSR count). The lowest BCUT2D eigenvalue weighted by Gasteiger charge is -2.29. The number of hydrogen-bond donors (Lipinski definition) is 2. The molecule has 0 bridgehead atoms. The highest BCUT2D eigenvalue weighted by molar-refractivity contribution is 7.80. The van der Waals surface area contributed by atoms with Gasteiger partial charge in [0.2, 0.25) is 11.4 Å². The monoisotopic (exact) mass is 319 g/mol. The zero-order chi connectivity index (χ0) is 16.3. The highest BCUT2D eigenvalue weighted by atomic mass is 32.1. The van der Waals surface area contributed by atoms with Gasteiger partial charge in [0.15, 0.2) is 0 Å². The molecule has 0 fully saturated rings. The molecule has 0 saturated heterocycles. The molecule has 0 aromatic heterocycles. The standard InChI is InChI=1S/C14H25NO5S/c1-4-19-12(17)14(15-11(3)16,13(18)20-5-2)9-7-6-8-10-21/h21H,4-10H2,1-3H3,(H,15,16). The lowest BCUT2D eigenvalue weighted by molar-refractivity contribution is -0.168. The van der Waals surface area contributed by atoms with E-state index in [0.717, 1.165) is 18.6 Å². The third-order valence-electron chi connectivity index (χ3n) is 2.85. The predicted molar refractivity (Wildman–Crippen MR) is 82.1 cm³/mol. The van der Waals surface area contributed by atoms with E-state index in [9.17, 15) is 14.4 Å². The topological polar surface area (TPSA) is 81.7 Å². The van der Waals surface area contributed by atoms with Crippen LogP contribution in [-0.4, -0.2) is 42.4 Å². The molecule has 6 nitrogen and oxygen atoms in total. The summed E-state index contributed by atoms with van der Waals surface area (Å²) < 4.78 is 9.93. The molecular weight excluding hydrogens is 294 g/mol. The zero-order valence-corrected chi connectivity index (χ0v) is 13.8. The molecule has 0 aromatic carbocycles. The van der Waals surface area contributed by atoms with Gasteiger partial charge in [-0.1, -0.05) is 6.42 Å². The fourth-order valence-corrected chi connectivity index (χ4v) is 2.16. The van der Waals surface area contributed by atoms with Crippen LogP contribution in [0.1, 0.15) is 46.5 Å². The van der Waals surface area contributed by atoms with Gasteiger partial charge in [-0.3, -0.25) is 4.79 Å². The zero-order valence-electron chi connectivity index (χ0n) is 12.9. The highest BCUT2D eigenvalue weighted by Crippen LogP contribution is 2.20. The normalized spacial score (nSPS) is 10.9. The van der Waals surface area contributed by atoms with Gasteiger partial charge in [-0.25, -0.2) is 9.59 Å². The highest BCUT2D eigenvalue weighted by Gasteiger charge is 2.49. The minimum atomic E-state index is -1.76. The van der Waals surface area contributed by atoms with E-state index < -0.39 is 23.4 Å². The van der Waals surface area contributed by atoms with Crippen LogP contribution in [0.25, 0.3) is 0 Å². The summed E-state index contributed by atoms with van der Waals surface area (Å²) >= 11 is 4.12. The molecule has 0 aliphatic heterocycles. The van der Waals surface area contributed by atoms with E-state index in [1.54, 1.807) is 13.8 Å². The number of nitrogens with one attached hydrogen (secondary N) is 1. The van der Waals surface area contributed by atoms with Crippen molar-refractivity contribution in [3.05, 3.63) is 0 Å². The molecule has 0 saturated carbocycles. The summed E-state index contributed by atoms with van der Waals surface area (Å²) in [6.45, 7) is 4.78. The Morgan fingerprint density at radius 2 is 1.52 bits per heavy atom. The van der Waals surface area contributed by atoms with E-state index in [0.29, 0.717) is 6.42 Å². The maximum absolute atomic E-state index is 12.2. The summed E-state index contributed by atoms with van der Waals surface area (Å²) in [5.74, 6) is -1.30. The molecule has 0 spiro atoms. The van der Waals surface area contributed by atoms with Crippen LogP contribution in [0.2, 0.25) is 0 Å². The first-order valence-electron chi connectivity index (χ1n) is 7.18. The fourth-order valence-electron chi connectivity index (χ4n) is 1.94. The van der Waals surface area contributed by atoms with Crippen LogP contribution >= 0.6 is 12.6 Å². The smallest absolute Gasteiger partial charge is 0.343 e. The number of unbranched alkanes of at least 4 members (excludes halogenated alkanes) is 2. The lowest BCUT2D eigenvalue weighted by atomic mass is 9.91. The number of hydrogen-bond acceptors (Lipinski definition) is 6. The second-order valence-corrected chi connectivity index (χ2v) is 5.01. The van der Waals surface area contributed by atoms with E-state index in [-0.39, 0.29) is 19.6 Å². The van der Waals surface area contributed by atoms with Crippen molar-refractivity contribution in [2.75, 3.05) is 19.0 Å². The Labute approximate surface area is 131 Å². The maximum Gasteiger partial charge on any atom is 0.343 e. The molecule has 0 radical (unpaired) electrons. The van der Waals surface area contributed by atoms with Crippen molar-refractivity contribution < 1.29 is 23.9 Å². The summed E-state index contributed by atoms with van der Waals surface area (Å²) in [6, 6.07) is 0. The molecule has 0 aromatic rings. The largest absolute Gasteiger partial charge is 0.464 e. The van der Waals surface area contributed by atoms with Crippen LogP contribution in [-0.2, 0) is 23.9 Å². The molecule has 0 heterocycles. The average molecular weight is 319 g/mol. The number of amides is 1. The first-order chi connectivity index (χ1) is 9.94. The third-order valence-corrected chi connectivity index (χ3v) is 3.16. The average Bonchev–Trinajstić information content (AvgIpc) is 2.42. The van der Waals surface area contributed by atoms with Crippen LogP contribution < -0.4 is 5.32 Å². The number of thiol groups is 1. The van der Waals surface area contributed by atoms with Crippen molar-refractivity contribution in [1.82, 2.24) is 5.32 Å². The first-order valence-corrected chi connectivity index (χ1v) is 7.81. The molecule has 21 heavy (non-hydrogen) atoms. The number of ether oxygens (including phenoxy) is 2. The molecule has 1 amide bonds. The van der Waals surface area contributed by atoms with Crippen molar-refractivity contribution in [3.63, 3.8) is 0 Å². The first kappa shape index (κ1) is 19.8. The second kappa shape index (κ2) is 10.5. The van der Waals surface area contributed by atoms with Crippen molar-refractivity contribution >= 4 is 30.5 Å². The SMILES string of the molecule is CCOC(=O)C(CCCCCS)(NC(C)=O)C(=O)OCC. The van der Waals surface area contributed by atoms with Crippen LogP contribution in [0.3, 0.4) is 0 Å². The Balaban J connectivity index is 5.23.